The monoisotopic (exact) mass is 353 g/mol. The third-order valence-electron chi connectivity index (χ3n) is 3.35. The summed E-state index contributed by atoms with van der Waals surface area (Å²) in [4.78, 5) is 0. The molecule has 1 N–H and O–H groups in total. The van der Waals surface area contributed by atoms with Gasteiger partial charge in [-0.1, -0.05) is 29.8 Å². The third-order valence-corrected chi connectivity index (χ3v) is 4.07. The molecule has 0 aliphatic carbocycles. The van der Waals surface area contributed by atoms with Gasteiger partial charge in [0.05, 0.1) is 11.7 Å². The fourth-order valence-corrected chi connectivity index (χ4v) is 2.86. The molecule has 114 valence electrons. The molecule has 1 atom stereocenters. The average molecular weight is 354 g/mol. The SMILES string of the molecule is CCCNC(c1cc(F)ccc1Br)c1ccnn1CCC. The lowest BCUT2D eigenvalue weighted by molar-refractivity contribution is 0.508. The fraction of sp³-hybridized carbons (Fsp3) is 0.438. The van der Waals surface area contributed by atoms with Crippen molar-refractivity contribution in [3.8, 4) is 0 Å². The highest BCUT2D eigenvalue weighted by Crippen LogP contribution is 2.29. The highest BCUT2D eigenvalue weighted by molar-refractivity contribution is 9.10. The molecular formula is C16H21BrFN3. The Bertz CT molecular complexity index is 583. The number of aromatic nitrogens is 2. The Morgan fingerprint density at radius 1 is 1.29 bits per heavy atom. The van der Waals surface area contributed by atoms with Gasteiger partial charge in [-0.2, -0.15) is 5.10 Å². The number of benzene rings is 1. The minimum Gasteiger partial charge on any atom is -0.305 e. The van der Waals surface area contributed by atoms with E-state index in [9.17, 15) is 4.39 Å². The molecule has 0 bridgehead atoms. The van der Waals surface area contributed by atoms with Crippen LogP contribution in [0.4, 0.5) is 4.39 Å². The second-order valence-corrected chi connectivity index (χ2v) is 5.89. The summed E-state index contributed by atoms with van der Waals surface area (Å²) in [6.07, 6.45) is 3.84. The zero-order valence-corrected chi connectivity index (χ0v) is 14.0. The lowest BCUT2D eigenvalue weighted by atomic mass is 10.0. The van der Waals surface area contributed by atoms with Gasteiger partial charge in [0.1, 0.15) is 5.82 Å². The molecule has 0 saturated heterocycles. The van der Waals surface area contributed by atoms with Crippen LogP contribution in [0.2, 0.25) is 0 Å². The third kappa shape index (κ3) is 3.92. The Morgan fingerprint density at radius 3 is 2.81 bits per heavy atom. The predicted octanol–water partition coefficient (Wildman–Crippen LogP) is 4.28. The second kappa shape index (κ2) is 7.71. The van der Waals surface area contributed by atoms with E-state index in [4.69, 9.17) is 0 Å². The van der Waals surface area contributed by atoms with E-state index in [1.54, 1.807) is 18.3 Å². The van der Waals surface area contributed by atoms with E-state index in [2.05, 4.69) is 40.2 Å². The number of rotatable bonds is 7. The van der Waals surface area contributed by atoms with Crippen LogP contribution in [0.3, 0.4) is 0 Å². The summed E-state index contributed by atoms with van der Waals surface area (Å²) >= 11 is 3.54. The van der Waals surface area contributed by atoms with Crippen LogP contribution in [-0.2, 0) is 6.54 Å². The lowest BCUT2D eigenvalue weighted by Gasteiger charge is -2.21. The minimum atomic E-state index is -0.224. The maximum absolute atomic E-state index is 13.6. The number of nitrogens with one attached hydrogen (secondary N) is 1. The van der Waals surface area contributed by atoms with Crippen molar-refractivity contribution in [2.24, 2.45) is 0 Å². The van der Waals surface area contributed by atoms with Crippen molar-refractivity contribution in [2.75, 3.05) is 6.54 Å². The van der Waals surface area contributed by atoms with E-state index >= 15 is 0 Å². The highest BCUT2D eigenvalue weighted by Gasteiger charge is 2.20. The zero-order valence-electron chi connectivity index (χ0n) is 12.4. The van der Waals surface area contributed by atoms with Crippen LogP contribution in [0.5, 0.6) is 0 Å². The second-order valence-electron chi connectivity index (χ2n) is 5.03. The first kappa shape index (κ1) is 16.2. The first-order chi connectivity index (χ1) is 10.2. The first-order valence-corrected chi connectivity index (χ1v) is 8.16. The topological polar surface area (TPSA) is 29.9 Å². The van der Waals surface area contributed by atoms with Crippen LogP contribution >= 0.6 is 15.9 Å². The molecule has 3 nitrogen and oxygen atoms in total. The number of hydrogen-bond donors (Lipinski definition) is 1. The highest BCUT2D eigenvalue weighted by atomic mass is 79.9. The number of hydrogen-bond acceptors (Lipinski definition) is 2. The van der Waals surface area contributed by atoms with Gasteiger partial charge in [0, 0.05) is 17.2 Å². The van der Waals surface area contributed by atoms with E-state index in [0.717, 1.165) is 41.7 Å². The van der Waals surface area contributed by atoms with Crippen molar-refractivity contribution in [3.63, 3.8) is 0 Å². The Labute approximate surface area is 133 Å². The molecule has 1 heterocycles. The van der Waals surface area contributed by atoms with Crippen molar-refractivity contribution in [1.29, 1.82) is 0 Å². The van der Waals surface area contributed by atoms with Crippen LogP contribution in [0.1, 0.15) is 44.0 Å². The predicted molar refractivity (Wildman–Crippen MR) is 86.8 cm³/mol. The molecular weight excluding hydrogens is 333 g/mol. The number of nitrogens with zero attached hydrogens (tertiary/aromatic N) is 2. The summed E-state index contributed by atoms with van der Waals surface area (Å²) < 4.78 is 16.5. The van der Waals surface area contributed by atoms with E-state index in [0.29, 0.717) is 0 Å². The summed E-state index contributed by atoms with van der Waals surface area (Å²) in [6.45, 7) is 5.97. The van der Waals surface area contributed by atoms with Crippen LogP contribution < -0.4 is 5.32 Å². The first-order valence-electron chi connectivity index (χ1n) is 7.37. The summed E-state index contributed by atoms with van der Waals surface area (Å²) in [5, 5.41) is 7.88. The molecule has 1 aromatic heterocycles. The molecule has 1 aromatic carbocycles. The smallest absolute Gasteiger partial charge is 0.123 e. The normalized spacial score (nSPS) is 12.6. The van der Waals surface area contributed by atoms with Crippen LogP contribution in [0.25, 0.3) is 0 Å². The molecule has 0 aliphatic heterocycles. The lowest BCUT2D eigenvalue weighted by Crippen LogP contribution is -2.26. The van der Waals surface area contributed by atoms with Gasteiger partial charge in [-0.15, -0.1) is 0 Å². The molecule has 0 spiro atoms. The van der Waals surface area contributed by atoms with E-state index < -0.39 is 0 Å². The van der Waals surface area contributed by atoms with Crippen molar-refractivity contribution in [3.05, 3.63) is 52.0 Å². The Hall–Kier alpha value is -1.20. The largest absolute Gasteiger partial charge is 0.305 e. The molecule has 1 unspecified atom stereocenters. The Kier molecular flexibility index (Phi) is 5.94. The van der Waals surface area contributed by atoms with Gasteiger partial charge in [0.2, 0.25) is 0 Å². The Morgan fingerprint density at radius 2 is 2.10 bits per heavy atom. The van der Waals surface area contributed by atoms with E-state index in [1.165, 1.54) is 6.07 Å². The van der Waals surface area contributed by atoms with Crippen LogP contribution in [0.15, 0.2) is 34.9 Å². The quantitative estimate of drug-likeness (QED) is 0.804. The summed E-state index contributed by atoms with van der Waals surface area (Å²) in [6, 6.07) is 6.74. The van der Waals surface area contributed by atoms with Crippen molar-refractivity contribution in [1.82, 2.24) is 15.1 Å². The summed E-state index contributed by atoms with van der Waals surface area (Å²) in [5.74, 6) is -0.224. The zero-order chi connectivity index (χ0) is 15.2. The molecule has 0 aliphatic rings. The summed E-state index contributed by atoms with van der Waals surface area (Å²) in [7, 11) is 0. The average Bonchev–Trinajstić information content (AvgIpc) is 2.92. The van der Waals surface area contributed by atoms with Gasteiger partial charge in [0.15, 0.2) is 0 Å². The molecule has 21 heavy (non-hydrogen) atoms. The van der Waals surface area contributed by atoms with Crippen LogP contribution in [0, 0.1) is 5.82 Å². The van der Waals surface area contributed by atoms with E-state index in [-0.39, 0.29) is 11.9 Å². The fourth-order valence-electron chi connectivity index (χ4n) is 2.39. The van der Waals surface area contributed by atoms with Gasteiger partial charge in [-0.05, 0) is 49.2 Å². The maximum Gasteiger partial charge on any atom is 0.123 e. The minimum absolute atomic E-state index is 0.0657. The van der Waals surface area contributed by atoms with E-state index in [1.807, 2.05) is 10.7 Å². The van der Waals surface area contributed by atoms with Crippen LogP contribution in [-0.4, -0.2) is 16.3 Å². The summed E-state index contributed by atoms with van der Waals surface area (Å²) in [5.41, 5.74) is 1.97. The Balaban J connectivity index is 2.42. The number of halogens is 2. The molecule has 0 radical (unpaired) electrons. The molecule has 5 heteroatoms. The standard InChI is InChI=1S/C16H21BrFN3/c1-3-8-19-16(13-11-12(18)5-6-14(13)17)15-7-9-20-21(15)10-4-2/h5-7,9,11,16,19H,3-4,8,10H2,1-2H3. The van der Waals surface area contributed by atoms with Gasteiger partial charge >= 0.3 is 0 Å². The molecule has 2 rings (SSSR count). The molecule has 0 amide bonds. The van der Waals surface area contributed by atoms with Gasteiger partial charge in [0.25, 0.3) is 0 Å². The van der Waals surface area contributed by atoms with Crippen molar-refractivity contribution < 1.29 is 4.39 Å². The number of aryl methyl sites for hydroxylation is 1. The molecule has 0 saturated carbocycles. The maximum atomic E-state index is 13.6. The van der Waals surface area contributed by atoms with Gasteiger partial charge in [-0.25, -0.2) is 4.39 Å². The van der Waals surface area contributed by atoms with Crippen molar-refractivity contribution in [2.45, 2.75) is 39.3 Å². The van der Waals surface area contributed by atoms with Gasteiger partial charge < -0.3 is 5.32 Å². The molecule has 0 fully saturated rings. The van der Waals surface area contributed by atoms with Gasteiger partial charge in [-0.3, -0.25) is 4.68 Å². The molecule has 2 aromatic rings. The van der Waals surface area contributed by atoms with Crippen molar-refractivity contribution >= 4 is 15.9 Å².